The summed E-state index contributed by atoms with van der Waals surface area (Å²) in [6, 6.07) is 14.7. The minimum absolute atomic E-state index is 0.0465. The summed E-state index contributed by atoms with van der Waals surface area (Å²) >= 11 is 6.17. The second kappa shape index (κ2) is 8.44. The first-order valence-corrected chi connectivity index (χ1v) is 10.6. The van der Waals surface area contributed by atoms with Crippen LogP contribution in [0.3, 0.4) is 0 Å². The van der Waals surface area contributed by atoms with Crippen molar-refractivity contribution in [2.45, 2.75) is 13.5 Å². The van der Waals surface area contributed by atoms with E-state index in [9.17, 15) is 14.4 Å². The number of thiocarbonyl (C=S) groups is 1. The average molecular weight is 452 g/mol. The number of benzene rings is 2. The molecule has 7 nitrogen and oxygen atoms in total. The fourth-order valence-electron chi connectivity index (χ4n) is 3.23. The van der Waals surface area contributed by atoms with Gasteiger partial charge in [-0.15, -0.1) is 0 Å². The molecule has 2 aromatic carbocycles. The summed E-state index contributed by atoms with van der Waals surface area (Å²) in [5.41, 5.74) is 3.09. The summed E-state index contributed by atoms with van der Waals surface area (Å²) in [4.78, 5) is 42.5. The highest BCUT2D eigenvalue weighted by Crippen LogP contribution is 2.33. The number of aromatic nitrogens is 2. The van der Waals surface area contributed by atoms with Crippen molar-refractivity contribution in [2.24, 2.45) is 0 Å². The summed E-state index contributed by atoms with van der Waals surface area (Å²) in [6.07, 6.45) is 1.56. The van der Waals surface area contributed by atoms with E-state index in [1.807, 2.05) is 43.3 Å². The van der Waals surface area contributed by atoms with Crippen LogP contribution in [0, 0.1) is 6.92 Å². The highest BCUT2D eigenvalue weighted by molar-refractivity contribution is 8.26. The zero-order valence-electron chi connectivity index (χ0n) is 16.4. The molecule has 0 atom stereocenters. The van der Waals surface area contributed by atoms with Crippen molar-refractivity contribution in [3.05, 3.63) is 70.4 Å². The molecule has 1 fully saturated rings. The van der Waals surface area contributed by atoms with Gasteiger partial charge in [-0.1, -0.05) is 65.9 Å². The van der Waals surface area contributed by atoms with Crippen LogP contribution in [0.15, 0.2) is 53.4 Å². The van der Waals surface area contributed by atoms with E-state index < -0.39 is 18.4 Å². The van der Waals surface area contributed by atoms with Gasteiger partial charge in [0.1, 0.15) is 16.7 Å². The molecule has 0 bridgehead atoms. The molecular formula is C22H17N3O4S2. The first-order chi connectivity index (χ1) is 14.8. The lowest BCUT2D eigenvalue weighted by Gasteiger charge is -2.10. The van der Waals surface area contributed by atoms with Crippen LogP contribution < -0.4 is 0 Å². The van der Waals surface area contributed by atoms with Gasteiger partial charge in [-0.2, -0.15) is 0 Å². The van der Waals surface area contributed by atoms with Crippen LogP contribution in [0.5, 0.6) is 0 Å². The number of ketones is 1. The third-order valence-electron chi connectivity index (χ3n) is 4.79. The molecule has 4 rings (SSSR count). The summed E-state index contributed by atoms with van der Waals surface area (Å²) in [6.45, 7) is 1.51. The Balaban J connectivity index is 1.72. The number of fused-ring (bicyclic) bond motifs is 1. The second-order valence-corrected chi connectivity index (χ2v) is 8.67. The third-order valence-corrected chi connectivity index (χ3v) is 6.16. The number of carbonyl (C=O) groups is 3. The molecule has 3 aromatic rings. The predicted molar refractivity (Wildman–Crippen MR) is 123 cm³/mol. The summed E-state index contributed by atoms with van der Waals surface area (Å²) in [5, 5.41) is 9.01. The molecule has 31 heavy (non-hydrogen) atoms. The smallest absolute Gasteiger partial charge is 0.323 e. The number of nitrogens with zero attached hydrogens (tertiary/aromatic N) is 3. The van der Waals surface area contributed by atoms with Crippen molar-refractivity contribution in [3.8, 4) is 0 Å². The van der Waals surface area contributed by atoms with Crippen LogP contribution in [0.2, 0.25) is 0 Å². The van der Waals surface area contributed by atoms with E-state index in [2.05, 4.69) is 4.98 Å². The number of thioether (sulfide) groups is 1. The standard InChI is InChI=1S/C22H17N3O4S2/c1-13-6-8-14(9-7-13)17(26)11-24-16-5-3-2-4-15(16)23-19(24)10-18-21(29)25(12-20(27)28)22(30)31-18/h2-10H,11-12H2,1H3,(H,27,28)/b18-10-. The number of aliphatic carboxylic acids is 1. The summed E-state index contributed by atoms with van der Waals surface area (Å²) < 4.78 is 1.93. The van der Waals surface area contributed by atoms with E-state index in [0.717, 1.165) is 27.7 Å². The minimum Gasteiger partial charge on any atom is -0.480 e. The number of hydrogen-bond acceptors (Lipinski definition) is 6. The SMILES string of the molecule is Cc1ccc(C(=O)Cn2c(/C=C3\SC(=S)N(CC(=O)O)C3=O)nc3ccccc32)cc1. The molecule has 2 heterocycles. The van der Waals surface area contributed by atoms with E-state index >= 15 is 0 Å². The molecule has 0 spiro atoms. The zero-order chi connectivity index (χ0) is 22.1. The van der Waals surface area contributed by atoms with Crippen molar-refractivity contribution in [1.29, 1.82) is 0 Å². The summed E-state index contributed by atoms with van der Waals surface area (Å²) in [7, 11) is 0. The summed E-state index contributed by atoms with van der Waals surface area (Å²) in [5.74, 6) is -1.29. The van der Waals surface area contributed by atoms with Crippen LogP contribution in [0.1, 0.15) is 21.7 Å². The molecule has 1 N–H and O–H groups in total. The monoisotopic (exact) mass is 451 g/mol. The number of aryl methyl sites for hydroxylation is 1. The van der Waals surface area contributed by atoms with Crippen molar-refractivity contribution in [3.63, 3.8) is 0 Å². The Hall–Kier alpha value is -3.30. The van der Waals surface area contributed by atoms with E-state index in [1.54, 1.807) is 22.8 Å². The van der Waals surface area contributed by atoms with E-state index in [-0.39, 0.29) is 21.6 Å². The van der Waals surface area contributed by atoms with Crippen LogP contribution in [0.25, 0.3) is 17.1 Å². The maximum atomic E-state index is 12.9. The first-order valence-electron chi connectivity index (χ1n) is 9.36. The van der Waals surface area contributed by atoms with Gasteiger partial charge in [-0.25, -0.2) is 4.98 Å². The molecule has 1 aromatic heterocycles. The Morgan fingerprint density at radius 2 is 1.84 bits per heavy atom. The minimum atomic E-state index is -1.14. The normalized spacial score (nSPS) is 15.3. The Morgan fingerprint density at radius 3 is 2.55 bits per heavy atom. The van der Waals surface area contributed by atoms with Gasteiger partial charge in [-0.05, 0) is 19.1 Å². The van der Waals surface area contributed by atoms with E-state index in [1.165, 1.54) is 0 Å². The van der Waals surface area contributed by atoms with Crippen LogP contribution in [-0.4, -0.2) is 48.1 Å². The third kappa shape index (κ3) is 4.28. The number of rotatable bonds is 6. The van der Waals surface area contributed by atoms with Crippen LogP contribution >= 0.6 is 24.0 Å². The topological polar surface area (TPSA) is 92.5 Å². The Kier molecular flexibility index (Phi) is 5.71. The van der Waals surface area contributed by atoms with Crippen molar-refractivity contribution in [2.75, 3.05) is 6.54 Å². The highest BCUT2D eigenvalue weighted by Gasteiger charge is 2.33. The molecule has 0 unspecified atom stereocenters. The molecule has 156 valence electrons. The van der Waals surface area contributed by atoms with Gasteiger partial charge in [0.15, 0.2) is 5.78 Å². The number of Topliss-reactive ketones (excluding diaryl/α,β-unsaturated/α-hetero) is 1. The molecule has 1 amide bonds. The lowest BCUT2D eigenvalue weighted by Crippen LogP contribution is -2.33. The van der Waals surface area contributed by atoms with Gasteiger partial charge in [0.2, 0.25) is 0 Å². The average Bonchev–Trinajstić information content (AvgIpc) is 3.20. The van der Waals surface area contributed by atoms with E-state index in [0.29, 0.717) is 16.9 Å². The lowest BCUT2D eigenvalue weighted by molar-refractivity contribution is -0.140. The largest absolute Gasteiger partial charge is 0.480 e. The van der Waals surface area contributed by atoms with Crippen molar-refractivity contribution in [1.82, 2.24) is 14.5 Å². The lowest BCUT2D eigenvalue weighted by atomic mass is 10.1. The van der Waals surface area contributed by atoms with Crippen LogP contribution in [0.4, 0.5) is 0 Å². The number of amides is 1. The number of carbonyl (C=O) groups excluding carboxylic acids is 2. The molecule has 1 aliphatic rings. The van der Waals surface area contributed by atoms with Crippen LogP contribution in [-0.2, 0) is 16.1 Å². The number of para-hydroxylation sites is 2. The maximum absolute atomic E-state index is 12.9. The predicted octanol–water partition coefficient (Wildman–Crippen LogP) is 3.51. The Morgan fingerprint density at radius 1 is 1.13 bits per heavy atom. The molecule has 1 aliphatic heterocycles. The molecular weight excluding hydrogens is 434 g/mol. The quantitative estimate of drug-likeness (QED) is 0.348. The van der Waals surface area contributed by atoms with Gasteiger partial charge >= 0.3 is 5.97 Å². The number of imidazole rings is 1. The maximum Gasteiger partial charge on any atom is 0.323 e. The highest BCUT2D eigenvalue weighted by atomic mass is 32.2. The number of carboxylic acid groups (broad SMARTS) is 1. The Bertz CT molecular complexity index is 1260. The molecule has 1 saturated heterocycles. The van der Waals surface area contributed by atoms with Gasteiger partial charge in [0.05, 0.1) is 22.5 Å². The van der Waals surface area contributed by atoms with Gasteiger partial charge in [0, 0.05) is 11.6 Å². The number of hydrogen-bond donors (Lipinski definition) is 1. The molecule has 9 heteroatoms. The first kappa shape index (κ1) is 21.0. The van der Waals surface area contributed by atoms with Crippen molar-refractivity contribution >= 4 is 63.1 Å². The van der Waals surface area contributed by atoms with Crippen molar-refractivity contribution < 1.29 is 19.5 Å². The second-order valence-electron chi connectivity index (χ2n) is 7.00. The van der Waals surface area contributed by atoms with E-state index in [4.69, 9.17) is 17.3 Å². The molecule has 0 saturated carbocycles. The van der Waals surface area contributed by atoms with Gasteiger partial charge < -0.3 is 9.67 Å². The Labute approximate surface area is 187 Å². The number of carboxylic acids is 1. The zero-order valence-corrected chi connectivity index (χ0v) is 18.1. The van der Waals surface area contributed by atoms with Gasteiger partial charge in [0.25, 0.3) is 5.91 Å². The fourth-order valence-corrected chi connectivity index (χ4v) is 4.46. The molecule has 0 radical (unpaired) electrons. The van der Waals surface area contributed by atoms with Gasteiger partial charge in [-0.3, -0.25) is 19.3 Å². The molecule has 0 aliphatic carbocycles. The fraction of sp³-hybridized carbons (Fsp3) is 0.136.